The average molecular weight is 430 g/mol. The van der Waals surface area contributed by atoms with E-state index in [1.54, 1.807) is 18.2 Å². The van der Waals surface area contributed by atoms with E-state index in [0.717, 1.165) is 0 Å². The van der Waals surface area contributed by atoms with Crippen molar-refractivity contribution in [1.82, 2.24) is 4.31 Å². The summed E-state index contributed by atoms with van der Waals surface area (Å²) in [4.78, 5) is 0.356. The van der Waals surface area contributed by atoms with Crippen LogP contribution in [0.4, 0.5) is 0 Å². The third kappa shape index (κ3) is 4.49. The Morgan fingerprint density at radius 1 is 1.42 bits per heavy atom. The van der Waals surface area contributed by atoms with Gasteiger partial charge in [-0.25, -0.2) is 8.42 Å². The molecule has 0 aliphatic heterocycles. The predicted octanol–water partition coefficient (Wildman–Crippen LogP) is 2.90. The minimum atomic E-state index is -3.62. The maximum Gasteiger partial charge on any atom is 0.244 e. The van der Waals surface area contributed by atoms with E-state index in [1.807, 2.05) is 6.92 Å². The highest BCUT2D eigenvalue weighted by atomic mass is 79.9. The number of thiocarbonyl (C=S) groups is 1. The first-order valence-corrected chi connectivity index (χ1v) is 8.96. The van der Waals surface area contributed by atoms with E-state index in [-0.39, 0.29) is 16.4 Å². The van der Waals surface area contributed by atoms with E-state index in [2.05, 4.69) is 31.9 Å². The zero-order valence-corrected chi connectivity index (χ0v) is 15.1. The fourth-order valence-corrected chi connectivity index (χ4v) is 4.73. The number of hydrogen-bond acceptors (Lipinski definition) is 3. The van der Waals surface area contributed by atoms with Gasteiger partial charge in [0.15, 0.2) is 0 Å². The van der Waals surface area contributed by atoms with E-state index in [0.29, 0.717) is 21.9 Å². The Hall–Kier alpha value is -0.0200. The van der Waals surface area contributed by atoms with Gasteiger partial charge in [0.1, 0.15) is 0 Å². The Balaban J connectivity index is 3.25. The number of nitrogens with two attached hydrogens (primary N) is 1. The second-order valence-electron chi connectivity index (χ2n) is 3.88. The Kier molecular flexibility index (Phi) is 6.38. The van der Waals surface area contributed by atoms with Crippen LogP contribution in [-0.2, 0) is 10.0 Å². The Morgan fingerprint density at radius 3 is 2.58 bits per heavy atom. The van der Waals surface area contributed by atoms with Crippen LogP contribution >= 0.6 is 44.1 Å². The molecule has 8 heteroatoms. The van der Waals surface area contributed by atoms with Crippen molar-refractivity contribution < 1.29 is 8.42 Å². The van der Waals surface area contributed by atoms with E-state index >= 15 is 0 Å². The molecule has 4 nitrogen and oxygen atoms in total. The monoisotopic (exact) mass is 428 g/mol. The van der Waals surface area contributed by atoms with Crippen LogP contribution in [0.2, 0.25) is 0 Å². The van der Waals surface area contributed by atoms with Gasteiger partial charge in [-0.2, -0.15) is 4.31 Å². The fourth-order valence-electron chi connectivity index (χ4n) is 1.52. The smallest absolute Gasteiger partial charge is 0.244 e. The number of hydrogen-bond donors (Lipinski definition) is 1. The number of sulfonamides is 1. The molecular weight excluding hydrogens is 416 g/mol. The summed E-state index contributed by atoms with van der Waals surface area (Å²) >= 11 is 11.3. The summed E-state index contributed by atoms with van der Waals surface area (Å²) in [6.07, 6.45) is 0.688. The maximum atomic E-state index is 12.6. The largest absolute Gasteiger partial charge is 0.392 e. The summed E-state index contributed by atoms with van der Waals surface area (Å²) in [6.45, 7) is 2.32. The molecule has 0 radical (unpaired) electrons. The lowest BCUT2D eigenvalue weighted by Crippen LogP contribution is -2.38. The molecule has 0 spiro atoms. The molecule has 0 heterocycles. The van der Waals surface area contributed by atoms with Gasteiger partial charge in [0.2, 0.25) is 10.0 Å². The van der Waals surface area contributed by atoms with Crippen molar-refractivity contribution in [1.29, 1.82) is 0 Å². The number of benzene rings is 1. The van der Waals surface area contributed by atoms with Crippen LogP contribution in [0.5, 0.6) is 0 Å². The van der Waals surface area contributed by atoms with Gasteiger partial charge in [-0.3, -0.25) is 0 Å². The highest BCUT2D eigenvalue weighted by molar-refractivity contribution is 9.11. The van der Waals surface area contributed by atoms with E-state index < -0.39 is 10.0 Å². The molecule has 0 aliphatic carbocycles. The molecule has 0 aromatic heterocycles. The molecule has 19 heavy (non-hydrogen) atoms. The SMILES string of the molecule is CCCN(CC(N)=S)S(=O)(=O)c1cc(Br)ccc1Br. The molecule has 0 atom stereocenters. The molecule has 1 rings (SSSR count). The van der Waals surface area contributed by atoms with Gasteiger partial charge in [-0.15, -0.1) is 0 Å². The average Bonchev–Trinajstić information content (AvgIpc) is 2.31. The summed E-state index contributed by atoms with van der Waals surface area (Å²) in [6, 6.07) is 5.00. The first-order chi connectivity index (χ1) is 8.78. The minimum Gasteiger partial charge on any atom is -0.392 e. The maximum absolute atomic E-state index is 12.6. The van der Waals surface area contributed by atoms with E-state index in [1.165, 1.54) is 4.31 Å². The molecular formula is C11H14Br2N2O2S2. The predicted molar refractivity (Wildman–Crippen MR) is 87.7 cm³/mol. The van der Waals surface area contributed by atoms with Gasteiger partial charge in [0.25, 0.3) is 0 Å². The van der Waals surface area contributed by atoms with Crippen LogP contribution in [0.3, 0.4) is 0 Å². The molecule has 1 aromatic carbocycles. The van der Waals surface area contributed by atoms with Crippen molar-refractivity contribution in [3.63, 3.8) is 0 Å². The topological polar surface area (TPSA) is 63.4 Å². The lowest BCUT2D eigenvalue weighted by Gasteiger charge is -2.21. The lowest BCUT2D eigenvalue weighted by atomic mass is 10.4. The summed E-state index contributed by atoms with van der Waals surface area (Å²) in [5.74, 6) is 0. The van der Waals surface area contributed by atoms with Crippen molar-refractivity contribution in [3.8, 4) is 0 Å². The van der Waals surface area contributed by atoms with Crippen LogP contribution in [-0.4, -0.2) is 30.8 Å². The molecule has 0 saturated carbocycles. The van der Waals surface area contributed by atoms with Gasteiger partial charge < -0.3 is 5.73 Å². The molecule has 0 fully saturated rings. The number of nitrogens with zero attached hydrogens (tertiary/aromatic N) is 1. The molecule has 1 aromatic rings. The van der Waals surface area contributed by atoms with E-state index in [9.17, 15) is 8.42 Å². The van der Waals surface area contributed by atoms with Gasteiger partial charge in [0, 0.05) is 15.5 Å². The summed E-state index contributed by atoms with van der Waals surface area (Å²) in [5.41, 5.74) is 5.47. The van der Waals surface area contributed by atoms with Gasteiger partial charge in [-0.1, -0.05) is 35.1 Å². The van der Waals surface area contributed by atoms with Crippen molar-refractivity contribution in [2.24, 2.45) is 5.73 Å². The Bertz CT molecular complexity index is 576. The standard InChI is InChI=1S/C11H14Br2N2O2S2/c1-2-5-15(7-11(14)18)19(16,17)10-6-8(12)3-4-9(10)13/h3-4,6H,2,5,7H2,1H3,(H2,14,18). The summed E-state index contributed by atoms with van der Waals surface area (Å²) in [7, 11) is -3.62. The van der Waals surface area contributed by atoms with Crippen LogP contribution < -0.4 is 5.73 Å². The van der Waals surface area contributed by atoms with Crippen molar-refractivity contribution >= 4 is 59.1 Å². The highest BCUT2D eigenvalue weighted by Gasteiger charge is 2.26. The number of rotatable bonds is 6. The minimum absolute atomic E-state index is 0.0461. The lowest BCUT2D eigenvalue weighted by molar-refractivity contribution is 0.449. The molecule has 0 saturated heterocycles. The van der Waals surface area contributed by atoms with E-state index in [4.69, 9.17) is 18.0 Å². The second kappa shape index (κ2) is 7.12. The molecule has 2 N–H and O–H groups in total. The second-order valence-corrected chi connectivity index (χ2v) is 8.08. The van der Waals surface area contributed by atoms with Gasteiger partial charge in [-0.05, 0) is 40.5 Å². The zero-order valence-electron chi connectivity index (χ0n) is 10.3. The quantitative estimate of drug-likeness (QED) is 0.706. The Labute approximate surface area is 135 Å². The fraction of sp³-hybridized carbons (Fsp3) is 0.364. The van der Waals surface area contributed by atoms with Crippen LogP contribution in [0.1, 0.15) is 13.3 Å². The van der Waals surface area contributed by atoms with Crippen LogP contribution in [0.25, 0.3) is 0 Å². The van der Waals surface area contributed by atoms with Crippen LogP contribution in [0.15, 0.2) is 32.0 Å². The first kappa shape index (κ1) is 17.0. The first-order valence-electron chi connectivity index (χ1n) is 5.52. The van der Waals surface area contributed by atoms with Crippen molar-refractivity contribution in [3.05, 3.63) is 27.1 Å². The number of halogens is 2. The molecule has 0 amide bonds. The summed E-state index contributed by atoms with van der Waals surface area (Å²) in [5, 5.41) is 0. The molecule has 106 valence electrons. The normalized spacial score (nSPS) is 11.8. The molecule has 0 unspecified atom stereocenters. The van der Waals surface area contributed by atoms with Crippen molar-refractivity contribution in [2.45, 2.75) is 18.2 Å². The van der Waals surface area contributed by atoms with Crippen LogP contribution in [0, 0.1) is 0 Å². The van der Waals surface area contributed by atoms with Gasteiger partial charge >= 0.3 is 0 Å². The Morgan fingerprint density at radius 2 is 2.05 bits per heavy atom. The molecule has 0 aliphatic rings. The third-order valence-corrected chi connectivity index (χ3v) is 5.78. The molecule has 0 bridgehead atoms. The summed E-state index contributed by atoms with van der Waals surface area (Å²) < 4.78 is 27.7. The third-order valence-electron chi connectivity index (χ3n) is 2.32. The highest BCUT2D eigenvalue weighted by Crippen LogP contribution is 2.28. The zero-order chi connectivity index (χ0) is 14.6. The van der Waals surface area contributed by atoms with Gasteiger partial charge in [0.05, 0.1) is 16.4 Å². The van der Waals surface area contributed by atoms with Crippen molar-refractivity contribution in [2.75, 3.05) is 13.1 Å².